The summed E-state index contributed by atoms with van der Waals surface area (Å²) in [5, 5.41) is 6.97. The summed E-state index contributed by atoms with van der Waals surface area (Å²) in [4.78, 5) is 0. The maximum Gasteiger partial charge on any atom is 0.199 e. The zero-order valence-corrected chi connectivity index (χ0v) is 13.9. The number of unbranched alkanes of at least 4 members (excludes halogenated alkanes) is 3. The summed E-state index contributed by atoms with van der Waals surface area (Å²) >= 11 is 0. The first kappa shape index (κ1) is 17.3. The van der Waals surface area contributed by atoms with Crippen molar-refractivity contribution in [3.63, 3.8) is 0 Å². The molecule has 0 aromatic heterocycles. The highest BCUT2D eigenvalue weighted by atomic mass is 16.7. The van der Waals surface area contributed by atoms with Gasteiger partial charge in [-0.3, -0.25) is 0 Å². The Hall–Kier alpha value is -1.10. The van der Waals surface area contributed by atoms with Gasteiger partial charge in [-0.05, 0) is 12.5 Å². The quantitative estimate of drug-likeness (QED) is 0.543. The molecule has 4 heteroatoms. The van der Waals surface area contributed by atoms with Crippen LogP contribution in [-0.4, -0.2) is 33.0 Å². The van der Waals surface area contributed by atoms with Crippen LogP contribution in [0.2, 0.25) is 0 Å². The molecule has 124 valence electrons. The monoisotopic (exact) mass is 306 g/mol. The van der Waals surface area contributed by atoms with E-state index in [0.29, 0.717) is 6.04 Å². The molecule has 1 fully saturated rings. The largest absolute Gasteiger partial charge is 0.465 e. The molecule has 0 amide bonds. The minimum atomic E-state index is -0.158. The summed E-state index contributed by atoms with van der Waals surface area (Å²) in [5.74, 6) is 0.936. The number of hydrogen-bond acceptors (Lipinski definition) is 4. The molecule has 2 atom stereocenters. The number of nitrogens with one attached hydrogen (secondary N) is 2. The summed E-state index contributed by atoms with van der Waals surface area (Å²) in [5.41, 5.74) is 1.21. The number of rotatable bonds is 9. The van der Waals surface area contributed by atoms with Crippen molar-refractivity contribution in [2.75, 3.05) is 26.7 Å². The van der Waals surface area contributed by atoms with Crippen molar-refractivity contribution in [1.29, 1.82) is 0 Å². The van der Waals surface area contributed by atoms with E-state index in [4.69, 9.17) is 9.47 Å². The normalized spacial score (nSPS) is 19.8. The highest BCUT2D eigenvalue weighted by Crippen LogP contribution is 2.27. The summed E-state index contributed by atoms with van der Waals surface area (Å²) in [6, 6.07) is 8.59. The SMILES string of the molecule is CCCCCCC(OC)Oc1ccccc1C1CNCCN1. The fraction of sp³-hybridized carbons (Fsp3) is 0.667. The van der Waals surface area contributed by atoms with E-state index in [2.05, 4.69) is 29.7 Å². The second-order valence-electron chi connectivity index (χ2n) is 5.88. The van der Waals surface area contributed by atoms with E-state index in [1.165, 1.54) is 24.8 Å². The lowest BCUT2D eigenvalue weighted by molar-refractivity contribution is -0.0601. The molecule has 2 rings (SSSR count). The van der Waals surface area contributed by atoms with Crippen LogP contribution in [0.3, 0.4) is 0 Å². The Morgan fingerprint density at radius 2 is 2.05 bits per heavy atom. The molecule has 4 nitrogen and oxygen atoms in total. The summed E-state index contributed by atoms with van der Waals surface area (Å²) in [7, 11) is 1.73. The van der Waals surface area contributed by atoms with Crippen molar-refractivity contribution < 1.29 is 9.47 Å². The third-order valence-corrected chi connectivity index (χ3v) is 4.15. The van der Waals surface area contributed by atoms with Gasteiger partial charge in [0.1, 0.15) is 5.75 Å². The number of piperazine rings is 1. The molecule has 1 aromatic carbocycles. The molecular formula is C18H30N2O2. The van der Waals surface area contributed by atoms with E-state index in [1.807, 2.05) is 12.1 Å². The van der Waals surface area contributed by atoms with Gasteiger partial charge in [0.25, 0.3) is 0 Å². The van der Waals surface area contributed by atoms with Crippen molar-refractivity contribution in [3.05, 3.63) is 29.8 Å². The van der Waals surface area contributed by atoms with Crippen molar-refractivity contribution in [2.45, 2.75) is 51.4 Å². The standard InChI is InChI=1S/C18H30N2O2/c1-3-4-5-6-11-18(21-2)22-17-10-8-7-9-15(17)16-14-19-12-13-20-16/h7-10,16,18-20H,3-6,11-14H2,1-2H3. The van der Waals surface area contributed by atoms with E-state index in [1.54, 1.807) is 7.11 Å². The number of methoxy groups -OCH3 is 1. The van der Waals surface area contributed by atoms with Gasteiger partial charge in [0.05, 0.1) is 0 Å². The van der Waals surface area contributed by atoms with Gasteiger partial charge in [0.15, 0.2) is 6.29 Å². The molecule has 0 aliphatic carbocycles. The second kappa shape index (κ2) is 9.82. The van der Waals surface area contributed by atoms with E-state index in [-0.39, 0.29) is 6.29 Å². The van der Waals surface area contributed by atoms with Crippen LogP contribution in [0, 0.1) is 0 Å². The summed E-state index contributed by atoms with van der Waals surface area (Å²) in [6.45, 7) is 5.18. The Balaban J connectivity index is 1.95. The van der Waals surface area contributed by atoms with Crippen LogP contribution in [0.25, 0.3) is 0 Å². The Morgan fingerprint density at radius 1 is 1.18 bits per heavy atom. The molecule has 1 aliphatic heterocycles. The Labute approximate surface area is 134 Å². The van der Waals surface area contributed by atoms with E-state index in [9.17, 15) is 0 Å². The summed E-state index contributed by atoms with van der Waals surface area (Å²) < 4.78 is 11.7. The van der Waals surface area contributed by atoms with Gasteiger partial charge in [0, 0.05) is 44.8 Å². The Kier molecular flexibility index (Phi) is 7.71. The minimum Gasteiger partial charge on any atom is -0.465 e. The molecular weight excluding hydrogens is 276 g/mol. The lowest BCUT2D eigenvalue weighted by Gasteiger charge is -2.27. The van der Waals surface area contributed by atoms with E-state index >= 15 is 0 Å². The van der Waals surface area contributed by atoms with Gasteiger partial charge >= 0.3 is 0 Å². The van der Waals surface area contributed by atoms with Gasteiger partial charge in [-0.2, -0.15) is 0 Å². The predicted octanol–water partition coefficient (Wildman–Crippen LogP) is 3.24. The predicted molar refractivity (Wildman–Crippen MR) is 90.2 cm³/mol. The zero-order valence-electron chi connectivity index (χ0n) is 13.9. The Bertz CT molecular complexity index is 419. The zero-order chi connectivity index (χ0) is 15.6. The number of hydrogen-bond donors (Lipinski definition) is 2. The smallest absolute Gasteiger partial charge is 0.199 e. The lowest BCUT2D eigenvalue weighted by Crippen LogP contribution is -2.42. The first-order valence-corrected chi connectivity index (χ1v) is 8.57. The fourth-order valence-corrected chi connectivity index (χ4v) is 2.85. The molecule has 0 radical (unpaired) electrons. The molecule has 2 N–H and O–H groups in total. The van der Waals surface area contributed by atoms with Gasteiger partial charge in [-0.15, -0.1) is 0 Å². The maximum absolute atomic E-state index is 6.14. The molecule has 1 heterocycles. The van der Waals surface area contributed by atoms with Crippen LogP contribution < -0.4 is 15.4 Å². The van der Waals surface area contributed by atoms with Crippen molar-refractivity contribution in [1.82, 2.24) is 10.6 Å². The molecule has 22 heavy (non-hydrogen) atoms. The van der Waals surface area contributed by atoms with Crippen LogP contribution in [-0.2, 0) is 4.74 Å². The number of benzene rings is 1. The molecule has 2 unspecified atom stereocenters. The minimum absolute atomic E-state index is 0.158. The van der Waals surface area contributed by atoms with Crippen LogP contribution in [0.15, 0.2) is 24.3 Å². The number of ether oxygens (including phenoxy) is 2. The fourth-order valence-electron chi connectivity index (χ4n) is 2.85. The Morgan fingerprint density at radius 3 is 2.77 bits per heavy atom. The maximum atomic E-state index is 6.14. The highest BCUT2D eigenvalue weighted by molar-refractivity contribution is 5.36. The van der Waals surface area contributed by atoms with Crippen LogP contribution >= 0.6 is 0 Å². The first-order valence-electron chi connectivity index (χ1n) is 8.57. The number of para-hydroxylation sites is 1. The lowest BCUT2D eigenvalue weighted by atomic mass is 10.0. The van der Waals surface area contributed by atoms with Crippen LogP contribution in [0.4, 0.5) is 0 Å². The van der Waals surface area contributed by atoms with Crippen molar-refractivity contribution in [3.8, 4) is 5.75 Å². The topological polar surface area (TPSA) is 42.5 Å². The molecule has 0 spiro atoms. The average Bonchev–Trinajstić information content (AvgIpc) is 2.59. The molecule has 0 saturated carbocycles. The average molecular weight is 306 g/mol. The summed E-state index contributed by atoms with van der Waals surface area (Å²) in [6.07, 6.45) is 5.72. The molecule has 1 aliphatic rings. The van der Waals surface area contributed by atoms with Crippen LogP contribution in [0.5, 0.6) is 5.75 Å². The first-order chi connectivity index (χ1) is 10.8. The molecule has 0 bridgehead atoms. The van der Waals surface area contributed by atoms with Gasteiger partial charge in [-0.25, -0.2) is 0 Å². The van der Waals surface area contributed by atoms with E-state index < -0.39 is 0 Å². The van der Waals surface area contributed by atoms with Gasteiger partial charge in [-0.1, -0.05) is 44.4 Å². The highest BCUT2D eigenvalue weighted by Gasteiger charge is 2.19. The third kappa shape index (κ3) is 5.27. The van der Waals surface area contributed by atoms with Gasteiger partial charge in [0.2, 0.25) is 0 Å². The van der Waals surface area contributed by atoms with Crippen LogP contribution in [0.1, 0.15) is 50.6 Å². The van der Waals surface area contributed by atoms with Crippen molar-refractivity contribution in [2.24, 2.45) is 0 Å². The third-order valence-electron chi connectivity index (χ3n) is 4.15. The van der Waals surface area contributed by atoms with Crippen molar-refractivity contribution >= 4 is 0 Å². The van der Waals surface area contributed by atoms with Gasteiger partial charge < -0.3 is 20.1 Å². The van der Waals surface area contributed by atoms with E-state index in [0.717, 1.165) is 38.2 Å². The second-order valence-corrected chi connectivity index (χ2v) is 5.88. The molecule has 1 aromatic rings. The molecule has 1 saturated heterocycles.